The summed E-state index contributed by atoms with van der Waals surface area (Å²) in [5.41, 5.74) is 0. The first kappa shape index (κ1) is 18.9. The maximum absolute atomic E-state index is 12.5. The molecular weight excluding hydrogens is 347 g/mol. The highest BCUT2D eigenvalue weighted by Crippen LogP contribution is 2.20. The van der Waals surface area contributed by atoms with Gasteiger partial charge < -0.3 is 15.2 Å². The number of nitrogens with zero attached hydrogens (tertiary/aromatic N) is 5. The molecule has 26 heavy (non-hydrogen) atoms. The van der Waals surface area contributed by atoms with E-state index in [1.807, 2.05) is 0 Å². The predicted molar refractivity (Wildman–Crippen MR) is 91.8 cm³/mol. The van der Waals surface area contributed by atoms with Gasteiger partial charge in [-0.3, -0.25) is 9.89 Å². The number of hydrogen-bond donors (Lipinski definition) is 2. The molecule has 1 aromatic heterocycles. The van der Waals surface area contributed by atoms with Gasteiger partial charge in [-0.05, 0) is 19.3 Å². The molecule has 0 bridgehead atoms. The normalized spacial score (nSPS) is 22.2. The Balaban J connectivity index is 1.49. The van der Waals surface area contributed by atoms with E-state index in [4.69, 9.17) is 0 Å². The fraction of sp³-hybridized carbons (Fsp3) is 0.812. The summed E-state index contributed by atoms with van der Waals surface area (Å²) in [5.74, 6) is 2.48. The molecule has 3 heterocycles. The van der Waals surface area contributed by atoms with E-state index in [9.17, 15) is 13.2 Å². The van der Waals surface area contributed by atoms with Gasteiger partial charge in [0, 0.05) is 39.1 Å². The second kappa shape index (κ2) is 8.24. The summed E-state index contributed by atoms with van der Waals surface area (Å²) in [6.45, 7) is 1.36. The van der Waals surface area contributed by atoms with Crippen molar-refractivity contribution in [3.63, 3.8) is 0 Å². The van der Waals surface area contributed by atoms with Crippen molar-refractivity contribution < 1.29 is 13.2 Å². The second-order valence-corrected chi connectivity index (χ2v) is 6.90. The molecule has 0 amide bonds. The van der Waals surface area contributed by atoms with Crippen LogP contribution in [0.3, 0.4) is 0 Å². The number of rotatable bonds is 4. The number of nitrogens with one attached hydrogen (secondary N) is 2. The molecule has 2 aliphatic rings. The molecule has 0 aliphatic carbocycles. The molecule has 3 rings (SSSR count). The fourth-order valence-corrected chi connectivity index (χ4v) is 3.57. The monoisotopic (exact) mass is 373 g/mol. The standard InChI is InChI=1S/C16H26F3N7/c1-20-15(22-12-6-8-25(10-12)11-16(17,18)19)21-9-14-24-23-13-5-3-2-4-7-26(13)14/h12H,2-11H2,1H3,(H2,20,21,22). The van der Waals surface area contributed by atoms with E-state index in [1.54, 1.807) is 7.05 Å². The third-order valence-corrected chi connectivity index (χ3v) is 4.84. The molecule has 1 atom stereocenters. The summed E-state index contributed by atoms with van der Waals surface area (Å²) >= 11 is 0. The van der Waals surface area contributed by atoms with Gasteiger partial charge in [0.05, 0.1) is 13.1 Å². The van der Waals surface area contributed by atoms with Crippen LogP contribution < -0.4 is 10.6 Å². The molecule has 1 fully saturated rings. The number of aliphatic imine (C=N–C) groups is 1. The van der Waals surface area contributed by atoms with Crippen LogP contribution in [0.2, 0.25) is 0 Å². The Morgan fingerprint density at radius 1 is 1.23 bits per heavy atom. The highest BCUT2D eigenvalue weighted by atomic mass is 19.4. The number of halogens is 3. The second-order valence-electron chi connectivity index (χ2n) is 6.90. The van der Waals surface area contributed by atoms with E-state index in [2.05, 4.69) is 30.4 Å². The fourth-order valence-electron chi connectivity index (χ4n) is 3.57. The molecule has 1 unspecified atom stereocenters. The first-order valence-corrected chi connectivity index (χ1v) is 9.12. The minimum absolute atomic E-state index is 0.0425. The van der Waals surface area contributed by atoms with E-state index in [-0.39, 0.29) is 6.04 Å². The minimum atomic E-state index is -4.15. The van der Waals surface area contributed by atoms with Crippen LogP contribution in [0.5, 0.6) is 0 Å². The summed E-state index contributed by atoms with van der Waals surface area (Å²) in [7, 11) is 1.65. The lowest BCUT2D eigenvalue weighted by Gasteiger charge is -2.19. The lowest BCUT2D eigenvalue weighted by molar-refractivity contribution is -0.143. The number of hydrogen-bond acceptors (Lipinski definition) is 4. The van der Waals surface area contributed by atoms with Crippen molar-refractivity contribution in [2.75, 3.05) is 26.7 Å². The van der Waals surface area contributed by atoms with Gasteiger partial charge in [-0.1, -0.05) is 6.42 Å². The molecule has 10 heteroatoms. The Morgan fingerprint density at radius 2 is 2.08 bits per heavy atom. The van der Waals surface area contributed by atoms with Crippen molar-refractivity contribution in [1.82, 2.24) is 30.3 Å². The van der Waals surface area contributed by atoms with Crippen molar-refractivity contribution in [2.24, 2.45) is 4.99 Å². The minimum Gasteiger partial charge on any atom is -0.352 e. The van der Waals surface area contributed by atoms with Gasteiger partial charge in [-0.2, -0.15) is 13.2 Å². The van der Waals surface area contributed by atoms with Gasteiger partial charge in [0.2, 0.25) is 0 Å². The van der Waals surface area contributed by atoms with Crippen LogP contribution in [0, 0.1) is 0 Å². The average Bonchev–Trinajstić information content (AvgIpc) is 3.09. The third kappa shape index (κ3) is 5.09. The molecule has 0 aromatic carbocycles. The van der Waals surface area contributed by atoms with E-state index >= 15 is 0 Å². The van der Waals surface area contributed by atoms with Crippen LogP contribution >= 0.6 is 0 Å². The highest BCUT2D eigenvalue weighted by molar-refractivity contribution is 5.79. The highest BCUT2D eigenvalue weighted by Gasteiger charge is 2.34. The number of alkyl halides is 3. The quantitative estimate of drug-likeness (QED) is 0.615. The Bertz CT molecular complexity index is 626. The zero-order valence-electron chi connectivity index (χ0n) is 15.0. The van der Waals surface area contributed by atoms with Crippen LogP contribution in [-0.2, 0) is 19.5 Å². The Kier molecular flexibility index (Phi) is 6.00. The average molecular weight is 373 g/mol. The van der Waals surface area contributed by atoms with E-state index in [1.165, 1.54) is 11.3 Å². The first-order valence-electron chi connectivity index (χ1n) is 9.12. The summed E-state index contributed by atoms with van der Waals surface area (Å²) < 4.78 is 39.6. The van der Waals surface area contributed by atoms with Crippen molar-refractivity contribution in [3.05, 3.63) is 11.6 Å². The van der Waals surface area contributed by atoms with Crippen molar-refractivity contribution in [1.29, 1.82) is 0 Å². The van der Waals surface area contributed by atoms with Crippen molar-refractivity contribution >= 4 is 5.96 Å². The summed E-state index contributed by atoms with van der Waals surface area (Å²) in [5, 5.41) is 14.9. The van der Waals surface area contributed by atoms with Crippen LogP contribution in [-0.4, -0.2) is 64.5 Å². The van der Waals surface area contributed by atoms with Gasteiger partial charge >= 0.3 is 6.18 Å². The molecule has 2 N–H and O–H groups in total. The summed E-state index contributed by atoms with van der Waals surface area (Å²) in [6, 6.07) is -0.0425. The zero-order valence-corrected chi connectivity index (χ0v) is 15.0. The van der Waals surface area contributed by atoms with Gasteiger partial charge in [0.1, 0.15) is 5.82 Å². The SMILES string of the molecule is CN=C(NCc1nnc2n1CCCCC2)NC1CCN(CC(F)(F)F)C1. The first-order chi connectivity index (χ1) is 12.4. The molecule has 7 nitrogen and oxygen atoms in total. The molecule has 2 aliphatic heterocycles. The Labute approximate surface area is 151 Å². The topological polar surface area (TPSA) is 70.4 Å². The van der Waals surface area contributed by atoms with Crippen LogP contribution in [0.15, 0.2) is 4.99 Å². The van der Waals surface area contributed by atoms with Crippen molar-refractivity contribution in [3.8, 4) is 0 Å². The number of aromatic nitrogens is 3. The summed E-state index contributed by atoms with van der Waals surface area (Å²) in [6.07, 6.45) is 0.942. The molecule has 0 radical (unpaired) electrons. The van der Waals surface area contributed by atoms with Gasteiger partial charge in [-0.15, -0.1) is 10.2 Å². The molecule has 0 spiro atoms. The van der Waals surface area contributed by atoms with Crippen LogP contribution in [0.4, 0.5) is 13.2 Å². The molecule has 146 valence electrons. The lowest BCUT2D eigenvalue weighted by Crippen LogP contribution is -2.45. The maximum atomic E-state index is 12.5. The number of guanidine groups is 1. The third-order valence-electron chi connectivity index (χ3n) is 4.84. The molecule has 1 saturated heterocycles. The number of fused-ring (bicyclic) bond motifs is 1. The summed E-state index contributed by atoms with van der Waals surface area (Å²) in [4.78, 5) is 5.60. The lowest BCUT2D eigenvalue weighted by atomic mass is 10.2. The van der Waals surface area contributed by atoms with Crippen LogP contribution in [0.25, 0.3) is 0 Å². The number of likely N-dealkylation sites (tertiary alicyclic amines) is 1. The van der Waals surface area contributed by atoms with E-state index < -0.39 is 12.7 Å². The van der Waals surface area contributed by atoms with Crippen LogP contribution in [0.1, 0.15) is 37.3 Å². The largest absolute Gasteiger partial charge is 0.401 e. The predicted octanol–water partition coefficient (Wildman–Crippen LogP) is 1.31. The van der Waals surface area contributed by atoms with Gasteiger partial charge in [0.15, 0.2) is 11.8 Å². The van der Waals surface area contributed by atoms with Crippen molar-refractivity contribution in [2.45, 2.75) is 57.4 Å². The zero-order chi connectivity index (χ0) is 18.6. The van der Waals surface area contributed by atoms with Gasteiger partial charge in [-0.25, -0.2) is 0 Å². The Morgan fingerprint density at radius 3 is 2.85 bits per heavy atom. The smallest absolute Gasteiger partial charge is 0.352 e. The van der Waals surface area contributed by atoms with E-state index in [0.29, 0.717) is 32.0 Å². The Hall–Kier alpha value is -1.84. The van der Waals surface area contributed by atoms with E-state index in [0.717, 1.165) is 37.5 Å². The number of aryl methyl sites for hydroxylation is 1. The molecule has 1 aromatic rings. The molecular formula is C16H26F3N7. The molecule has 0 saturated carbocycles. The maximum Gasteiger partial charge on any atom is 0.401 e. The van der Waals surface area contributed by atoms with Gasteiger partial charge in [0.25, 0.3) is 0 Å².